The molecule has 0 spiro atoms. The normalized spacial score (nSPS) is 10.0. The van der Waals surface area contributed by atoms with Gasteiger partial charge in [-0.05, 0) is 72.1 Å². The third-order valence-corrected chi connectivity index (χ3v) is 6.13. The molecular weight excluding hydrogens is 460 g/mol. The summed E-state index contributed by atoms with van der Waals surface area (Å²) in [7, 11) is 0. The minimum Gasteiger partial charge on any atom is -0.320 e. The molecule has 0 aliphatic carbocycles. The predicted molar refractivity (Wildman–Crippen MR) is 86.5 cm³/mol. The molecule has 0 unspecified atom stereocenters. The number of nitrogens with one attached hydrogen (secondary N) is 1. The molecule has 2 aromatic rings. The van der Waals surface area contributed by atoms with Crippen LogP contribution in [0.15, 0.2) is 37.0 Å². The van der Waals surface area contributed by atoms with Crippen molar-refractivity contribution < 1.29 is 4.79 Å². The molecule has 0 saturated heterocycles. The number of benzene rings is 1. The molecule has 7 heteroatoms. The van der Waals surface area contributed by atoms with Crippen LogP contribution in [0.5, 0.6) is 0 Å². The van der Waals surface area contributed by atoms with E-state index in [4.69, 9.17) is 5.26 Å². The zero-order valence-corrected chi connectivity index (χ0v) is 14.8. The van der Waals surface area contributed by atoms with Gasteiger partial charge in [0, 0.05) is 8.95 Å². The molecule has 1 N–H and O–H groups in total. The standard InChI is InChI=1S/C12H5Br3N2OS/c13-7-3-6(5-16)1-2-9(7)17-12(18)10-4-8(14)11(15)19-10/h1-4H,(H,17,18). The first-order valence-electron chi connectivity index (χ1n) is 4.97. The summed E-state index contributed by atoms with van der Waals surface area (Å²) >= 11 is 11.4. The van der Waals surface area contributed by atoms with Crippen molar-refractivity contribution in [2.24, 2.45) is 0 Å². The molecule has 3 nitrogen and oxygen atoms in total. The highest BCUT2D eigenvalue weighted by molar-refractivity contribution is 9.13. The number of hydrogen-bond acceptors (Lipinski definition) is 3. The second kappa shape index (κ2) is 6.18. The van der Waals surface area contributed by atoms with Gasteiger partial charge in [-0.1, -0.05) is 0 Å². The highest BCUT2D eigenvalue weighted by atomic mass is 79.9. The van der Waals surface area contributed by atoms with Crippen molar-refractivity contribution in [1.29, 1.82) is 5.26 Å². The van der Waals surface area contributed by atoms with Crippen molar-refractivity contribution in [2.45, 2.75) is 0 Å². The predicted octanol–water partition coefficient (Wildman–Crippen LogP) is 5.16. The lowest BCUT2D eigenvalue weighted by Crippen LogP contribution is -2.10. The van der Waals surface area contributed by atoms with Crippen LogP contribution in [0.2, 0.25) is 0 Å². The number of amides is 1. The quantitative estimate of drug-likeness (QED) is 0.667. The summed E-state index contributed by atoms with van der Waals surface area (Å²) in [6.07, 6.45) is 0. The Hall–Kier alpha value is -0.680. The van der Waals surface area contributed by atoms with Gasteiger partial charge in [-0.15, -0.1) is 11.3 Å². The molecule has 0 atom stereocenters. The van der Waals surface area contributed by atoms with Crippen molar-refractivity contribution in [3.63, 3.8) is 0 Å². The number of carbonyl (C=O) groups excluding carboxylic acids is 1. The number of halogens is 3. The number of carbonyl (C=O) groups is 1. The Morgan fingerprint density at radius 2 is 1.95 bits per heavy atom. The fourth-order valence-electron chi connectivity index (χ4n) is 1.33. The smallest absolute Gasteiger partial charge is 0.265 e. The van der Waals surface area contributed by atoms with Gasteiger partial charge >= 0.3 is 0 Å². The second-order valence-electron chi connectivity index (χ2n) is 3.49. The molecule has 1 aromatic carbocycles. The largest absolute Gasteiger partial charge is 0.320 e. The van der Waals surface area contributed by atoms with Crippen molar-refractivity contribution >= 4 is 70.7 Å². The molecular formula is C12H5Br3N2OS. The molecule has 96 valence electrons. The second-order valence-corrected chi connectivity index (χ2v) is 7.57. The van der Waals surface area contributed by atoms with Crippen LogP contribution in [0.3, 0.4) is 0 Å². The van der Waals surface area contributed by atoms with Crippen LogP contribution in [-0.2, 0) is 0 Å². The maximum Gasteiger partial charge on any atom is 0.265 e. The Labute approximate surface area is 139 Å². The van der Waals surface area contributed by atoms with E-state index in [2.05, 4.69) is 53.1 Å². The van der Waals surface area contributed by atoms with Crippen molar-refractivity contribution in [3.8, 4) is 6.07 Å². The van der Waals surface area contributed by atoms with E-state index in [9.17, 15) is 4.79 Å². The van der Waals surface area contributed by atoms with E-state index in [0.29, 0.717) is 20.6 Å². The highest BCUT2D eigenvalue weighted by Crippen LogP contribution is 2.33. The van der Waals surface area contributed by atoms with E-state index in [0.717, 1.165) is 8.26 Å². The summed E-state index contributed by atoms with van der Waals surface area (Å²) in [6.45, 7) is 0. The summed E-state index contributed by atoms with van der Waals surface area (Å²) < 4.78 is 2.40. The lowest BCUT2D eigenvalue weighted by molar-refractivity contribution is 0.103. The number of nitriles is 1. The van der Waals surface area contributed by atoms with E-state index < -0.39 is 0 Å². The van der Waals surface area contributed by atoms with Crippen LogP contribution >= 0.6 is 59.1 Å². The molecule has 19 heavy (non-hydrogen) atoms. The molecule has 0 aliphatic heterocycles. The number of nitrogens with zero attached hydrogens (tertiary/aromatic N) is 1. The first-order valence-corrected chi connectivity index (χ1v) is 8.16. The first-order chi connectivity index (χ1) is 9.01. The lowest BCUT2D eigenvalue weighted by atomic mass is 10.2. The Morgan fingerprint density at radius 3 is 2.47 bits per heavy atom. The van der Waals surface area contributed by atoms with Crippen LogP contribution in [0, 0.1) is 11.3 Å². The topological polar surface area (TPSA) is 52.9 Å². The molecule has 0 bridgehead atoms. The summed E-state index contributed by atoms with van der Waals surface area (Å²) in [5.41, 5.74) is 1.16. The van der Waals surface area contributed by atoms with Gasteiger partial charge in [-0.25, -0.2) is 0 Å². The minimum atomic E-state index is -0.193. The van der Waals surface area contributed by atoms with Crippen LogP contribution in [0.1, 0.15) is 15.2 Å². The lowest BCUT2D eigenvalue weighted by Gasteiger charge is -2.06. The minimum absolute atomic E-state index is 0.193. The summed E-state index contributed by atoms with van der Waals surface area (Å²) in [5.74, 6) is -0.193. The fourth-order valence-corrected chi connectivity index (χ4v) is 3.74. The Bertz CT molecular complexity index is 671. The Kier molecular flexibility index (Phi) is 4.79. The zero-order valence-electron chi connectivity index (χ0n) is 9.21. The highest BCUT2D eigenvalue weighted by Gasteiger charge is 2.13. The monoisotopic (exact) mass is 462 g/mol. The van der Waals surface area contributed by atoms with Gasteiger partial charge in [0.15, 0.2) is 0 Å². The molecule has 1 amide bonds. The summed E-state index contributed by atoms with van der Waals surface area (Å²) in [4.78, 5) is 12.7. The van der Waals surface area contributed by atoms with Gasteiger partial charge in [-0.3, -0.25) is 4.79 Å². The Morgan fingerprint density at radius 1 is 1.21 bits per heavy atom. The maximum atomic E-state index is 12.1. The first kappa shape index (κ1) is 14.7. The third-order valence-electron chi connectivity index (χ3n) is 2.22. The molecule has 1 aromatic heterocycles. The van der Waals surface area contributed by atoms with Crippen LogP contribution in [0.25, 0.3) is 0 Å². The number of anilines is 1. The van der Waals surface area contributed by atoms with Gasteiger partial charge in [0.1, 0.15) is 0 Å². The molecule has 2 rings (SSSR count). The maximum absolute atomic E-state index is 12.1. The molecule has 0 fully saturated rings. The SMILES string of the molecule is N#Cc1ccc(NC(=O)c2cc(Br)c(Br)s2)c(Br)c1. The number of thiophene rings is 1. The van der Waals surface area contributed by atoms with E-state index in [1.165, 1.54) is 11.3 Å². The average molecular weight is 465 g/mol. The third kappa shape index (κ3) is 3.45. The van der Waals surface area contributed by atoms with Gasteiger partial charge in [0.25, 0.3) is 5.91 Å². The summed E-state index contributed by atoms with van der Waals surface area (Å²) in [6, 6.07) is 8.80. The van der Waals surface area contributed by atoms with Gasteiger partial charge in [0.05, 0.1) is 26.0 Å². The number of hydrogen-bond donors (Lipinski definition) is 1. The van der Waals surface area contributed by atoms with Crippen molar-refractivity contribution in [2.75, 3.05) is 5.32 Å². The van der Waals surface area contributed by atoms with E-state index in [-0.39, 0.29) is 5.91 Å². The molecule has 0 saturated carbocycles. The van der Waals surface area contributed by atoms with Gasteiger partial charge in [0.2, 0.25) is 0 Å². The fraction of sp³-hybridized carbons (Fsp3) is 0. The Balaban J connectivity index is 2.22. The zero-order chi connectivity index (χ0) is 14.0. The van der Waals surface area contributed by atoms with E-state index in [1.54, 1.807) is 24.3 Å². The van der Waals surface area contributed by atoms with Crippen LogP contribution < -0.4 is 5.32 Å². The van der Waals surface area contributed by atoms with Gasteiger partial charge < -0.3 is 5.32 Å². The van der Waals surface area contributed by atoms with Crippen molar-refractivity contribution in [1.82, 2.24) is 0 Å². The van der Waals surface area contributed by atoms with Crippen molar-refractivity contribution in [3.05, 3.63) is 47.4 Å². The van der Waals surface area contributed by atoms with E-state index >= 15 is 0 Å². The molecule has 1 heterocycles. The van der Waals surface area contributed by atoms with Crippen LogP contribution in [0.4, 0.5) is 5.69 Å². The molecule has 0 aliphatic rings. The number of rotatable bonds is 2. The van der Waals surface area contributed by atoms with Gasteiger partial charge in [-0.2, -0.15) is 5.26 Å². The molecule has 0 radical (unpaired) electrons. The van der Waals surface area contributed by atoms with Crippen LogP contribution in [-0.4, -0.2) is 5.91 Å². The average Bonchev–Trinajstić information content (AvgIpc) is 2.72. The van der Waals surface area contributed by atoms with E-state index in [1.807, 2.05) is 6.07 Å². The summed E-state index contributed by atoms with van der Waals surface area (Å²) in [5, 5.41) is 11.6.